The average Bonchev–Trinajstić information content (AvgIpc) is 2.89. The topological polar surface area (TPSA) is 76.7 Å². The number of hydrogen-bond donors (Lipinski definition) is 2. The van der Waals surface area contributed by atoms with Crippen molar-refractivity contribution in [2.75, 3.05) is 24.9 Å². The van der Waals surface area contributed by atoms with Crippen LogP contribution in [0.15, 0.2) is 97.1 Å². The van der Waals surface area contributed by atoms with Crippen LogP contribution in [0.2, 0.25) is 0 Å². The molecule has 0 saturated carbocycles. The third kappa shape index (κ3) is 5.07. The van der Waals surface area contributed by atoms with Crippen LogP contribution in [0.1, 0.15) is 20.7 Å². The Kier molecular flexibility index (Phi) is 6.89. The van der Waals surface area contributed by atoms with Crippen LogP contribution in [0.25, 0.3) is 11.1 Å². The van der Waals surface area contributed by atoms with Crippen LogP contribution in [0.5, 0.6) is 11.5 Å². The van der Waals surface area contributed by atoms with Crippen molar-refractivity contribution in [2.45, 2.75) is 0 Å². The van der Waals surface area contributed by atoms with E-state index in [1.54, 1.807) is 62.8 Å². The molecule has 0 atom stereocenters. The van der Waals surface area contributed by atoms with Crippen LogP contribution in [0, 0.1) is 0 Å². The van der Waals surface area contributed by atoms with Crippen LogP contribution in [-0.2, 0) is 0 Å². The monoisotopic (exact) mass is 452 g/mol. The first-order valence-electron chi connectivity index (χ1n) is 10.7. The van der Waals surface area contributed by atoms with Gasteiger partial charge in [0, 0.05) is 33.6 Å². The number of carbonyl (C=O) groups is 2. The SMILES string of the molecule is COc1ccc(C(=O)Nc2ccccc2-c2ccccc2NC(=O)c2ccc(OC)cc2)cc1. The molecule has 4 aromatic rings. The number of ether oxygens (including phenoxy) is 2. The van der Waals surface area contributed by atoms with Gasteiger partial charge in [0.05, 0.1) is 14.2 Å². The Labute approximate surface area is 198 Å². The third-order valence-corrected chi connectivity index (χ3v) is 5.35. The van der Waals surface area contributed by atoms with Crippen molar-refractivity contribution in [2.24, 2.45) is 0 Å². The summed E-state index contributed by atoms with van der Waals surface area (Å²) >= 11 is 0. The van der Waals surface area contributed by atoms with Gasteiger partial charge in [0.25, 0.3) is 11.8 Å². The molecule has 0 bridgehead atoms. The van der Waals surface area contributed by atoms with E-state index in [1.807, 2.05) is 48.5 Å². The van der Waals surface area contributed by atoms with Gasteiger partial charge >= 0.3 is 0 Å². The Bertz CT molecular complexity index is 1200. The summed E-state index contributed by atoms with van der Waals surface area (Å²) in [5, 5.41) is 5.96. The normalized spacial score (nSPS) is 10.3. The van der Waals surface area contributed by atoms with Gasteiger partial charge in [0.2, 0.25) is 0 Å². The molecule has 0 fully saturated rings. The molecule has 0 saturated heterocycles. The predicted octanol–water partition coefficient (Wildman–Crippen LogP) is 5.88. The molecule has 4 rings (SSSR count). The second-order valence-electron chi connectivity index (χ2n) is 7.46. The lowest BCUT2D eigenvalue weighted by molar-refractivity contribution is 0.101. The van der Waals surface area contributed by atoms with E-state index in [1.165, 1.54) is 0 Å². The molecule has 170 valence electrons. The summed E-state index contributed by atoms with van der Waals surface area (Å²) in [6, 6.07) is 28.8. The van der Waals surface area contributed by atoms with Crippen molar-refractivity contribution in [1.82, 2.24) is 0 Å². The minimum atomic E-state index is -0.241. The number of anilines is 2. The summed E-state index contributed by atoms with van der Waals surface area (Å²) in [4.78, 5) is 25.7. The zero-order chi connectivity index (χ0) is 23.9. The number of para-hydroxylation sites is 2. The maximum absolute atomic E-state index is 12.9. The zero-order valence-electron chi connectivity index (χ0n) is 18.9. The summed E-state index contributed by atoms with van der Waals surface area (Å²) in [6.07, 6.45) is 0. The minimum absolute atomic E-state index is 0.241. The van der Waals surface area contributed by atoms with Crippen LogP contribution in [-0.4, -0.2) is 26.0 Å². The summed E-state index contributed by atoms with van der Waals surface area (Å²) < 4.78 is 10.3. The van der Waals surface area contributed by atoms with Crippen LogP contribution in [0.4, 0.5) is 11.4 Å². The van der Waals surface area contributed by atoms with Crippen LogP contribution in [0.3, 0.4) is 0 Å². The second kappa shape index (κ2) is 10.4. The Morgan fingerprint density at radius 1 is 0.529 bits per heavy atom. The highest BCUT2D eigenvalue weighted by Gasteiger charge is 2.15. The van der Waals surface area contributed by atoms with Gasteiger partial charge in [0.1, 0.15) is 11.5 Å². The van der Waals surface area contributed by atoms with Gasteiger partial charge in [0.15, 0.2) is 0 Å². The van der Waals surface area contributed by atoms with E-state index in [9.17, 15) is 9.59 Å². The molecule has 4 aromatic carbocycles. The van der Waals surface area contributed by atoms with E-state index >= 15 is 0 Å². The molecule has 0 spiro atoms. The smallest absolute Gasteiger partial charge is 0.255 e. The van der Waals surface area contributed by atoms with Gasteiger partial charge in [-0.1, -0.05) is 36.4 Å². The quantitative estimate of drug-likeness (QED) is 0.367. The standard InChI is InChI=1S/C28H24N2O4/c1-33-21-15-11-19(12-16-21)27(31)29-25-9-5-3-7-23(25)24-8-4-6-10-26(24)30-28(32)20-13-17-22(34-2)18-14-20/h3-18H,1-2H3,(H,29,31)(H,30,32). The summed E-state index contributed by atoms with van der Waals surface area (Å²) in [6.45, 7) is 0. The fourth-order valence-electron chi connectivity index (χ4n) is 3.53. The lowest BCUT2D eigenvalue weighted by Crippen LogP contribution is -2.14. The number of rotatable bonds is 7. The van der Waals surface area contributed by atoms with Crippen LogP contribution >= 0.6 is 0 Å². The van der Waals surface area contributed by atoms with Gasteiger partial charge in [-0.05, 0) is 60.7 Å². The molecular formula is C28H24N2O4. The fourth-order valence-corrected chi connectivity index (χ4v) is 3.53. The van der Waals surface area contributed by atoms with E-state index in [0.29, 0.717) is 34.0 Å². The summed E-state index contributed by atoms with van der Waals surface area (Å²) in [5.74, 6) is 0.877. The fraction of sp³-hybridized carbons (Fsp3) is 0.0714. The van der Waals surface area contributed by atoms with Crippen molar-refractivity contribution >= 4 is 23.2 Å². The lowest BCUT2D eigenvalue weighted by atomic mass is 10.0. The maximum Gasteiger partial charge on any atom is 0.255 e. The number of hydrogen-bond acceptors (Lipinski definition) is 4. The van der Waals surface area contributed by atoms with Gasteiger partial charge in [-0.15, -0.1) is 0 Å². The van der Waals surface area contributed by atoms with Crippen molar-refractivity contribution in [1.29, 1.82) is 0 Å². The Balaban J connectivity index is 1.60. The Morgan fingerprint density at radius 2 is 0.882 bits per heavy atom. The average molecular weight is 453 g/mol. The van der Waals surface area contributed by atoms with Crippen molar-refractivity contribution in [3.05, 3.63) is 108 Å². The first-order chi connectivity index (χ1) is 16.6. The van der Waals surface area contributed by atoms with Crippen LogP contribution < -0.4 is 20.1 Å². The van der Waals surface area contributed by atoms with Gasteiger partial charge < -0.3 is 20.1 Å². The number of benzene rings is 4. The number of methoxy groups -OCH3 is 2. The molecule has 2 amide bonds. The van der Waals surface area contributed by atoms with E-state index in [2.05, 4.69) is 10.6 Å². The predicted molar refractivity (Wildman–Crippen MR) is 134 cm³/mol. The highest BCUT2D eigenvalue weighted by Crippen LogP contribution is 2.34. The van der Waals surface area contributed by atoms with E-state index in [-0.39, 0.29) is 11.8 Å². The van der Waals surface area contributed by atoms with Crippen molar-refractivity contribution < 1.29 is 19.1 Å². The second-order valence-corrected chi connectivity index (χ2v) is 7.46. The molecule has 34 heavy (non-hydrogen) atoms. The molecule has 0 aliphatic carbocycles. The molecule has 0 aromatic heterocycles. The lowest BCUT2D eigenvalue weighted by Gasteiger charge is -2.16. The molecule has 0 aliphatic heterocycles. The highest BCUT2D eigenvalue weighted by molar-refractivity contribution is 6.09. The molecule has 2 N–H and O–H groups in total. The molecule has 0 heterocycles. The Hall–Kier alpha value is -4.58. The van der Waals surface area contributed by atoms with E-state index < -0.39 is 0 Å². The largest absolute Gasteiger partial charge is 0.497 e. The third-order valence-electron chi connectivity index (χ3n) is 5.35. The molecule has 0 unspecified atom stereocenters. The number of amides is 2. The molecular weight excluding hydrogens is 428 g/mol. The first kappa shape index (κ1) is 22.6. The van der Waals surface area contributed by atoms with Gasteiger partial charge in [-0.3, -0.25) is 9.59 Å². The van der Waals surface area contributed by atoms with E-state index in [4.69, 9.17) is 9.47 Å². The van der Waals surface area contributed by atoms with Crippen molar-refractivity contribution in [3.8, 4) is 22.6 Å². The molecule has 0 radical (unpaired) electrons. The van der Waals surface area contributed by atoms with Gasteiger partial charge in [-0.2, -0.15) is 0 Å². The summed E-state index contributed by atoms with van der Waals surface area (Å²) in [5.41, 5.74) is 3.86. The van der Waals surface area contributed by atoms with Gasteiger partial charge in [-0.25, -0.2) is 0 Å². The number of nitrogens with one attached hydrogen (secondary N) is 2. The summed E-state index contributed by atoms with van der Waals surface area (Å²) in [7, 11) is 3.16. The highest BCUT2D eigenvalue weighted by atomic mass is 16.5. The zero-order valence-corrected chi connectivity index (χ0v) is 18.9. The van der Waals surface area contributed by atoms with E-state index in [0.717, 1.165) is 11.1 Å². The molecule has 6 nitrogen and oxygen atoms in total. The Morgan fingerprint density at radius 3 is 1.24 bits per heavy atom. The maximum atomic E-state index is 12.9. The first-order valence-corrected chi connectivity index (χ1v) is 10.7. The van der Waals surface area contributed by atoms with Crippen molar-refractivity contribution in [3.63, 3.8) is 0 Å². The molecule has 6 heteroatoms. The number of carbonyl (C=O) groups excluding carboxylic acids is 2. The molecule has 0 aliphatic rings. The minimum Gasteiger partial charge on any atom is -0.497 e.